The second-order valence-electron chi connectivity index (χ2n) is 2.77. The van der Waals surface area contributed by atoms with E-state index in [1.54, 1.807) is 0 Å². The number of alkyl halides is 6. The lowest BCUT2D eigenvalue weighted by molar-refractivity contribution is -0.395. The van der Waals surface area contributed by atoms with E-state index >= 15 is 0 Å². The Hall–Kier alpha value is -0.990. The Balaban J connectivity index is 3.04. The van der Waals surface area contributed by atoms with Crippen LogP contribution in [0.5, 0.6) is 0 Å². The third kappa shape index (κ3) is 1.87. The zero-order valence-corrected chi connectivity index (χ0v) is 6.91. The molecule has 0 aromatic carbocycles. The molecule has 1 aliphatic rings. The van der Waals surface area contributed by atoms with E-state index in [9.17, 15) is 31.1 Å². The first-order valence-corrected chi connectivity index (χ1v) is 3.53. The predicted octanol–water partition coefficient (Wildman–Crippen LogP) is 1.42. The molecule has 0 atom stereocenters. The number of esters is 1. The molecule has 0 spiro atoms. The van der Waals surface area contributed by atoms with Gasteiger partial charge < -0.3 is 9.47 Å². The Kier molecular flexibility index (Phi) is 2.62. The molecule has 1 heterocycles. The predicted molar refractivity (Wildman–Crippen MR) is 31.8 cm³/mol. The zero-order chi connectivity index (χ0) is 11.9. The van der Waals surface area contributed by atoms with Gasteiger partial charge in [-0.3, -0.25) is 0 Å². The molecule has 0 saturated carbocycles. The van der Waals surface area contributed by atoms with Crippen LogP contribution in [0, 0.1) is 0 Å². The van der Waals surface area contributed by atoms with Crippen LogP contribution in [0.1, 0.15) is 0 Å². The summed E-state index contributed by atoms with van der Waals surface area (Å²) in [5.74, 6) is -1.26. The van der Waals surface area contributed by atoms with E-state index in [2.05, 4.69) is 9.47 Å². The van der Waals surface area contributed by atoms with Crippen molar-refractivity contribution in [3.05, 3.63) is 0 Å². The van der Waals surface area contributed by atoms with E-state index in [1.165, 1.54) is 0 Å². The largest absolute Gasteiger partial charge is 0.460 e. The molecule has 1 fully saturated rings. The molecule has 1 aliphatic heterocycles. The van der Waals surface area contributed by atoms with Gasteiger partial charge in [-0.25, -0.2) is 4.79 Å². The van der Waals surface area contributed by atoms with Crippen molar-refractivity contribution in [2.75, 3.05) is 13.2 Å². The lowest BCUT2D eigenvalue weighted by atomic mass is 10.0. The average molecular weight is 238 g/mol. The van der Waals surface area contributed by atoms with Gasteiger partial charge in [-0.2, -0.15) is 26.3 Å². The number of hydrogen-bond donors (Lipinski definition) is 0. The van der Waals surface area contributed by atoms with Gasteiger partial charge in [0.25, 0.3) is 5.60 Å². The summed E-state index contributed by atoms with van der Waals surface area (Å²) < 4.78 is 80.4. The molecule has 9 heteroatoms. The van der Waals surface area contributed by atoms with Gasteiger partial charge in [0, 0.05) is 0 Å². The minimum atomic E-state index is -5.69. The third-order valence-corrected chi connectivity index (χ3v) is 1.79. The first kappa shape index (κ1) is 12.1. The summed E-state index contributed by atoms with van der Waals surface area (Å²) in [5, 5.41) is 0. The minimum Gasteiger partial charge on any atom is -0.460 e. The molecule has 0 aliphatic carbocycles. The average Bonchev–Trinajstić information content (AvgIpc) is 2.00. The van der Waals surface area contributed by atoms with Gasteiger partial charge in [-0.1, -0.05) is 0 Å². The number of hydrogen-bond acceptors (Lipinski definition) is 3. The molecular formula is C6H4F6O3. The summed E-state index contributed by atoms with van der Waals surface area (Å²) in [4.78, 5) is 10.3. The lowest BCUT2D eigenvalue weighted by Gasteiger charge is -2.38. The molecule has 0 bridgehead atoms. The topological polar surface area (TPSA) is 35.5 Å². The van der Waals surface area contributed by atoms with Crippen LogP contribution in [0.2, 0.25) is 0 Å². The van der Waals surface area contributed by atoms with Gasteiger partial charge in [0.05, 0.1) is 0 Å². The van der Waals surface area contributed by atoms with E-state index in [4.69, 9.17) is 0 Å². The van der Waals surface area contributed by atoms with Gasteiger partial charge in [-0.15, -0.1) is 0 Å². The maximum Gasteiger partial charge on any atom is 0.430 e. The molecule has 1 rings (SSSR count). The Morgan fingerprint density at radius 3 is 1.80 bits per heavy atom. The molecule has 0 aromatic heterocycles. The Morgan fingerprint density at radius 1 is 1.07 bits per heavy atom. The summed E-state index contributed by atoms with van der Waals surface area (Å²) in [5.41, 5.74) is -4.41. The highest BCUT2D eigenvalue weighted by Crippen LogP contribution is 2.47. The van der Waals surface area contributed by atoms with E-state index in [-0.39, 0.29) is 0 Å². The molecule has 0 radical (unpaired) electrons. The first-order valence-electron chi connectivity index (χ1n) is 3.53. The molecular weight excluding hydrogens is 234 g/mol. The highest BCUT2D eigenvalue weighted by molar-refractivity contribution is 5.71. The van der Waals surface area contributed by atoms with E-state index in [0.29, 0.717) is 0 Å². The minimum absolute atomic E-state index is 1.26. The summed E-state index contributed by atoms with van der Waals surface area (Å²) >= 11 is 0. The second kappa shape index (κ2) is 3.26. The van der Waals surface area contributed by atoms with Crippen molar-refractivity contribution in [3.8, 4) is 0 Å². The SMILES string of the molecule is O=C1COC(C(F)(F)F)(C(F)(F)F)CO1. The first-order chi connectivity index (χ1) is 6.60. The Labute approximate surface area is 78.9 Å². The van der Waals surface area contributed by atoms with Crippen LogP contribution in [-0.4, -0.2) is 37.1 Å². The highest BCUT2D eigenvalue weighted by Gasteiger charge is 2.74. The quantitative estimate of drug-likeness (QED) is 0.473. The summed E-state index contributed by atoms with van der Waals surface area (Å²) in [7, 11) is 0. The number of cyclic esters (lactones) is 1. The van der Waals surface area contributed by atoms with Crippen molar-refractivity contribution < 1.29 is 40.6 Å². The maximum absolute atomic E-state index is 12.2. The van der Waals surface area contributed by atoms with E-state index in [1.807, 2.05) is 0 Å². The van der Waals surface area contributed by atoms with Crippen LogP contribution in [0.15, 0.2) is 0 Å². The monoisotopic (exact) mass is 238 g/mol. The van der Waals surface area contributed by atoms with Crippen LogP contribution >= 0.6 is 0 Å². The smallest absolute Gasteiger partial charge is 0.430 e. The van der Waals surface area contributed by atoms with Crippen LogP contribution < -0.4 is 0 Å². The molecule has 1 saturated heterocycles. The Morgan fingerprint density at radius 2 is 1.53 bits per heavy atom. The normalized spacial score (nSPS) is 22.4. The summed E-state index contributed by atoms with van der Waals surface area (Å²) in [6.07, 6.45) is -11.4. The number of halogens is 6. The van der Waals surface area contributed by atoms with Gasteiger partial charge in [0.1, 0.15) is 13.2 Å². The van der Waals surface area contributed by atoms with Gasteiger partial charge in [-0.05, 0) is 0 Å². The summed E-state index contributed by atoms with van der Waals surface area (Å²) in [6, 6.07) is 0. The van der Waals surface area contributed by atoms with E-state index in [0.717, 1.165) is 0 Å². The number of rotatable bonds is 0. The lowest BCUT2D eigenvalue weighted by Crippen LogP contribution is -2.64. The molecule has 0 N–H and O–H groups in total. The molecule has 88 valence electrons. The fourth-order valence-electron chi connectivity index (χ4n) is 0.936. The number of carbonyl (C=O) groups is 1. The van der Waals surface area contributed by atoms with Crippen molar-refractivity contribution >= 4 is 5.97 Å². The summed E-state index contributed by atoms with van der Waals surface area (Å²) in [6.45, 7) is -3.28. The number of carbonyl (C=O) groups excluding carboxylic acids is 1. The molecule has 0 amide bonds. The molecule has 0 unspecified atom stereocenters. The van der Waals surface area contributed by atoms with Crippen molar-refractivity contribution in [1.82, 2.24) is 0 Å². The van der Waals surface area contributed by atoms with Crippen molar-refractivity contribution in [2.24, 2.45) is 0 Å². The van der Waals surface area contributed by atoms with Crippen LogP contribution in [0.25, 0.3) is 0 Å². The number of ether oxygens (including phenoxy) is 2. The third-order valence-electron chi connectivity index (χ3n) is 1.79. The van der Waals surface area contributed by atoms with Crippen LogP contribution in [0.4, 0.5) is 26.3 Å². The fourth-order valence-corrected chi connectivity index (χ4v) is 0.936. The standard InChI is InChI=1S/C6H4F6O3/c7-5(8,9)4(6(10,11)12)2-14-3(13)1-15-4/h1-2H2. The van der Waals surface area contributed by atoms with Crippen molar-refractivity contribution in [2.45, 2.75) is 18.0 Å². The van der Waals surface area contributed by atoms with Gasteiger partial charge >= 0.3 is 18.3 Å². The molecule has 15 heavy (non-hydrogen) atoms. The fraction of sp³-hybridized carbons (Fsp3) is 0.833. The zero-order valence-electron chi connectivity index (χ0n) is 6.91. The van der Waals surface area contributed by atoms with Crippen molar-refractivity contribution in [1.29, 1.82) is 0 Å². The maximum atomic E-state index is 12.2. The highest BCUT2D eigenvalue weighted by atomic mass is 19.4. The van der Waals surface area contributed by atoms with Gasteiger partial charge in [0.15, 0.2) is 0 Å². The molecule has 3 nitrogen and oxygen atoms in total. The Bertz CT molecular complexity index is 241. The van der Waals surface area contributed by atoms with Crippen molar-refractivity contribution in [3.63, 3.8) is 0 Å². The molecule has 0 aromatic rings. The van der Waals surface area contributed by atoms with Crippen LogP contribution in [0.3, 0.4) is 0 Å². The van der Waals surface area contributed by atoms with E-state index < -0.39 is 37.1 Å². The van der Waals surface area contributed by atoms with Crippen LogP contribution in [-0.2, 0) is 14.3 Å². The second-order valence-corrected chi connectivity index (χ2v) is 2.77. The van der Waals surface area contributed by atoms with Gasteiger partial charge in [0.2, 0.25) is 0 Å².